The molecule has 1 N–H and O–H groups in total. The molecule has 0 radical (unpaired) electrons. The summed E-state index contributed by atoms with van der Waals surface area (Å²) in [5.74, 6) is 1.63. The van der Waals surface area contributed by atoms with Gasteiger partial charge in [-0.1, -0.05) is 6.92 Å². The lowest BCUT2D eigenvalue weighted by atomic mass is 10.1. The van der Waals surface area contributed by atoms with Crippen molar-refractivity contribution in [3.8, 4) is 17.2 Å². The van der Waals surface area contributed by atoms with E-state index >= 15 is 0 Å². The van der Waals surface area contributed by atoms with Gasteiger partial charge in [-0.3, -0.25) is 19.8 Å². The zero-order valence-electron chi connectivity index (χ0n) is 17.1. The highest BCUT2D eigenvalue weighted by Gasteiger charge is 2.23. The summed E-state index contributed by atoms with van der Waals surface area (Å²) in [6.45, 7) is 4.24. The van der Waals surface area contributed by atoms with Crippen molar-refractivity contribution in [2.45, 2.75) is 20.1 Å². The molecule has 1 amide bonds. The number of ether oxygens (including phenoxy) is 4. The first-order valence-electron chi connectivity index (χ1n) is 9.96. The summed E-state index contributed by atoms with van der Waals surface area (Å²) in [6.07, 6.45) is 0. The molecule has 2 aromatic carbocycles. The van der Waals surface area contributed by atoms with Gasteiger partial charge in [-0.15, -0.1) is 0 Å². The number of hydrogen-bond donors (Lipinski definition) is 1. The fourth-order valence-electron chi connectivity index (χ4n) is 3.55. The van der Waals surface area contributed by atoms with Crippen molar-refractivity contribution in [1.29, 1.82) is 0 Å². The third-order valence-corrected chi connectivity index (χ3v) is 5.02. The van der Waals surface area contributed by atoms with Crippen molar-refractivity contribution >= 4 is 17.3 Å². The van der Waals surface area contributed by atoms with Crippen molar-refractivity contribution in [3.63, 3.8) is 0 Å². The summed E-state index contributed by atoms with van der Waals surface area (Å²) < 4.78 is 21.9. The van der Waals surface area contributed by atoms with Crippen molar-refractivity contribution in [1.82, 2.24) is 4.90 Å². The van der Waals surface area contributed by atoms with Gasteiger partial charge in [-0.25, -0.2) is 0 Å². The molecule has 0 unspecified atom stereocenters. The number of benzene rings is 2. The van der Waals surface area contributed by atoms with Crippen LogP contribution in [0, 0.1) is 10.1 Å². The standard InChI is InChI=1S/C21H23N3O7/c1-2-23(10-14-7-17(24(26)27)8-15-12-28-13-31-21(14)15)11-20(25)22-16-3-4-18-19(9-16)30-6-5-29-18/h3-4,7-9H,2,5-6,10-13H2,1H3,(H,22,25). The largest absolute Gasteiger partial charge is 0.486 e. The molecule has 0 bridgehead atoms. The molecule has 31 heavy (non-hydrogen) atoms. The van der Waals surface area contributed by atoms with E-state index in [1.54, 1.807) is 18.2 Å². The van der Waals surface area contributed by atoms with Crippen LogP contribution < -0.4 is 19.5 Å². The summed E-state index contributed by atoms with van der Waals surface area (Å²) in [4.78, 5) is 25.4. The maximum absolute atomic E-state index is 12.6. The van der Waals surface area contributed by atoms with Crippen LogP contribution in [0.1, 0.15) is 18.1 Å². The molecule has 0 aliphatic carbocycles. The maximum Gasteiger partial charge on any atom is 0.270 e. The number of fused-ring (bicyclic) bond motifs is 2. The molecular formula is C21H23N3O7. The first kappa shape index (κ1) is 20.9. The number of anilines is 1. The van der Waals surface area contributed by atoms with Crippen LogP contribution in [0.15, 0.2) is 30.3 Å². The van der Waals surface area contributed by atoms with Gasteiger partial charge in [0.1, 0.15) is 19.0 Å². The molecule has 2 aromatic rings. The van der Waals surface area contributed by atoms with Crippen LogP contribution >= 0.6 is 0 Å². The van der Waals surface area contributed by atoms with Crippen LogP contribution in [-0.4, -0.2) is 48.8 Å². The lowest BCUT2D eigenvalue weighted by molar-refractivity contribution is -0.385. The number of amides is 1. The van der Waals surface area contributed by atoms with Gasteiger partial charge in [0, 0.05) is 41.6 Å². The number of nitro benzene ring substituents is 1. The van der Waals surface area contributed by atoms with Crippen LogP contribution in [0.4, 0.5) is 11.4 Å². The minimum Gasteiger partial charge on any atom is -0.486 e. The van der Waals surface area contributed by atoms with Crippen LogP contribution in [0.25, 0.3) is 0 Å². The number of carbonyl (C=O) groups is 1. The summed E-state index contributed by atoms with van der Waals surface area (Å²) in [6, 6.07) is 8.20. The first-order chi connectivity index (χ1) is 15.0. The lowest BCUT2D eigenvalue weighted by Gasteiger charge is -2.25. The topological polar surface area (TPSA) is 112 Å². The molecule has 0 fully saturated rings. The highest BCUT2D eigenvalue weighted by molar-refractivity contribution is 5.92. The molecule has 2 aliphatic heterocycles. The quantitative estimate of drug-likeness (QED) is 0.528. The smallest absolute Gasteiger partial charge is 0.270 e. The lowest BCUT2D eigenvalue weighted by Crippen LogP contribution is -2.33. The van der Waals surface area contributed by atoms with Crippen LogP contribution in [0.2, 0.25) is 0 Å². The summed E-state index contributed by atoms with van der Waals surface area (Å²) in [7, 11) is 0. The highest BCUT2D eigenvalue weighted by Crippen LogP contribution is 2.34. The van der Waals surface area contributed by atoms with Crippen molar-refractivity contribution in [3.05, 3.63) is 51.6 Å². The molecule has 4 rings (SSSR count). The predicted octanol–water partition coefficient (Wildman–Crippen LogP) is 2.69. The van der Waals surface area contributed by atoms with Gasteiger partial charge in [0.05, 0.1) is 18.1 Å². The Morgan fingerprint density at radius 2 is 1.97 bits per heavy atom. The fourth-order valence-corrected chi connectivity index (χ4v) is 3.55. The molecule has 0 atom stereocenters. The number of nitro groups is 1. The Morgan fingerprint density at radius 3 is 2.74 bits per heavy atom. The van der Waals surface area contributed by atoms with E-state index in [0.29, 0.717) is 60.4 Å². The summed E-state index contributed by atoms with van der Waals surface area (Å²) in [5, 5.41) is 14.2. The molecule has 0 saturated heterocycles. The van der Waals surface area contributed by atoms with Crippen molar-refractivity contribution < 1.29 is 28.7 Å². The van der Waals surface area contributed by atoms with E-state index in [1.807, 2.05) is 11.8 Å². The second-order valence-corrected chi connectivity index (χ2v) is 7.17. The molecule has 10 heteroatoms. The minimum absolute atomic E-state index is 0.0281. The molecule has 0 saturated carbocycles. The molecule has 10 nitrogen and oxygen atoms in total. The Kier molecular flexibility index (Phi) is 6.19. The Morgan fingerprint density at radius 1 is 1.16 bits per heavy atom. The Bertz CT molecular complexity index is 995. The second kappa shape index (κ2) is 9.19. The van der Waals surface area contributed by atoms with E-state index in [0.717, 1.165) is 0 Å². The average Bonchev–Trinajstić information content (AvgIpc) is 2.78. The number of non-ortho nitro benzene ring substituents is 1. The SMILES string of the molecule is CCN(CC(=O)Nc1ccc2c(c1)OCCO2)Cc1cc([N+](=O)[O-])cc2c1OCOC2. The fraction of sp³-hybridized carbons (Fsp3) is 0.381. The van der Waals surface area contributed by atoms with Gasteiger partial charge >= 0.3 is 0 Å². The van der Waals surface area contributed by atoms with Gasteiger partial charge in [0.2, 0.25) is 5.91 Å². The Hall–Kier alpha value is -3.37. The Balaban J connectivity index is 1.45. The summed E-state index contributed by atoms with van der Waals surface area (Å²) >= 11 is 0. The van der Waals surface area contributed by atoms with Gasteiger partial charge in [-0.2, -0.15) is 0 Å². The predicted molar refractivity (Wildman–Crippen MR) is 110 cm³/mol. The zero-order valence-corrected chi connectivity index (χ0v) is 17.1. The number of hydrogen-bond acceptors (Lipinski definition) is 8. The molecule has 0 aromatic heterocycles. The van der Waals surface area contributed by atoms with E-state index in [-0.39, 0.29) is 31.5 Å². The van der Waals surface area contributed by atoms with Gasteiger partial charge < -0.3 is 24.3 Å². The van der Waals surface area contributed by atoms with Crippen molar-refractivity contribution in [2.24, 2.45) is 0 Å². The monoisotopic (exact) mass is 429 g/mol. The van der Waals surface area contributed by atoms with E-state index in [2.05, 4.69) is 5.32 Å². The number of nitrogens with one attached hydrogen (secondary N) is 1. The van der Waals surface area contributed by atoms with E-state index in [4.69, 9.17) is 18.9 Å². The third kappa shape index (κ3) is 4.86. The average molecular weight is 429 g/mol. The number of nitrogens with zero attached hydrogens (tertiary/aromatic N) is 2. The second-order valence-electron chi connectivity index (χ2n) is 7.17. The van der Waals surface area contributed by atoms with E-state index < -0.39 is 4.92 Å². The number of rotatable bonds is 7. The van der Waals surface area contributed by atoms with Gasteiger partial charge in [0.15, 0.2) is 18.3 Å². The summed E-state index contributed by atoms with van der Waals surface area (Å²) in [5.41, 5.74) is 1.87. The van der Waals surface area contributed by atoms with Gasteiger partial charge in [-0.05, 0) is 18.7 Å². The maximum atomic E-state index is 12.6. The molecular weight excluding hydrogens is 406 g/mol. The zero-order chi connectivity index (χ0) is 21.8. The highest BCUT2D eigenvalue weighted by atomic mass is 16.7. The van der Waals surface area contributed by atoms with Crippen molar-refractivity contribution in [2.75, 3.05) is 38.4 Å². The molecule has 2 aliphatic rings. The Labute approximate surface area is 178 Å². The van der Waals surface area contributed by atoms with Crippen LogP contribution in [-0.2, 0) is 22.7 Å². The van der Waals surface area contributed by atoms with E-state index in [1.165, 1.54) is 12.1 Å². The molecule has 2 heterocycles. The normalized spacial score (nSPS) is 14.5. The van der Waals surface area contributed by atoms with Crippen LogP contribution in [0.5, 0.6) is 17.2 Å². The number of carbonyl (C=O) groups excluding carboxylic acids is 1. The minimum atomic E-state index is -0.441. The van der Waals surface area contributed by atoms with Gasteiger partial charge in [0.25, 0.3) is 5.69 Å². The number of likely N-dealkylation sites (N-methyl/N-ethyl adjacent to an activating group) is 1. The van der Waals surface area contributed by atoms with E-state index in [9.17, 15) is 14.9 Å². The molecule has 164 valence electrons. The molecule has 0 spiro atoms. The van der Waals surface area contributed by atoms with Crippen LogP contribution in [0.3, 0.4) is 0 Å². The third-order valence-electron chi connectivity index (χ3n) is 5.02. The first-order valence-corrected chi connectivity index (χ1v) is 9.96.